The molecular weight excluding hydrogens is 647 g/mol. The molecule has 7 heteroatoms. The Labute approximate surface area is 300 Å². The summed E-state index contributed by atoms with van der Waals surface area (Å²) < 4.78 is 15.0. The minimum absolute atomic E-state index is 0.0824. The molecule has 5 aromatic carbocycles. The summed E-state index contributed by atoms with van der Waals surface area (Å²) >= 11 is 0. The van der Waals surface area contributed by atoms with Gasteiger partial charge in [0, 0.05) is 23.8 Å². The molecule has 0 bridgehead atoms. The van der Waals surface area contributed by atoms with Crippen molar-refractivity contribution in [2.45, 2.75) is 39.5 Å². The Morgan fingerprint density at radius 2 is 1.20 bits per heavy atom. The Hall–Kier alpha value is -5.92. The normalized spacial score (nSPS) is 11.6. The fourth-order valence-corrected chi connectivity index (χ4v) is 11.5. The number of hydrogen-bond acceptors (Lipinski definition) is 5. The summed E-state index contributed by atoms with van der Waals surface area (Å²) in [6.45, 7) is 8.85. The molecule has 0 saturated heterocycles. The van der Waals surface area contributed by atoms with Gasteiger partial charge in [0.25, 0.3) is 0 Å². The Bertz CT molecular complexity index is 2180. The minimum Gasteiger partial charge on any atom is -0.504 e. The maximum absolute atomic E-state index is 10.5. The fourth-order valence-electron chi connectivity index (χ4n) is 6.88. The average Bonchev–Trinajstić information content (AvgIpc) is 3.61. The third-order valence-corrected chi connectivity index (χ3v) is 13.9. The van der Waals surface area contributed by atoms with Gasteiger partial charge in [-0.25, -0.2) is 9.97 Å². The molecule has 0 unspecified atom stereocenters. The monoisotopic (exact) mass is 687 g/mol. The molecule has 0 amide bonds. The number of para-hydroxylation sites is 3. The molecule has 0 aliphatic heterocycles. The number of ether oxygens (including phenoxy) is 2. The molecule has 7 rings (SSSR count). The van der Waals surface area contributed by atoms with E-state index in [1.165, 1.54) is 11.1 Å². The second-order valence-electron chi connectivity index (χ2n) is 13.2. The fraction of sp³-hybridized carbons (Fsp3) is 0.136. The van der Waals surface area contributed by atoms with Gasteiger partial charge in [-0.3, -0.25) is 4.57 Å². The largest absolute Gasteiger partial charge is 0.504 e. The zero-order valence-corrected chi connectivity index (χ0v) is 30.3. The molecule has 254 valence electrons. The van der Waals surface area contributed by atoms with Gasteiger partial charge in [0.15, 0.2) is 11.5 Å². The number of pyridine rings is 1. The number of phenolic OH excluding ortho intramolecular Hbond substituents is 1. The van der Waals surface area contributed by atoms with Crippen LogP contribution < -0.4 is 30.4 Å². The maximum Gasteiger partial charge on any atom is 0.307 e. The van der Waals surface area contributed by atoms with Crippen molar-refractivity contribution in [3.8, 4) is 34.8 Å². The lowest BCUT2D eigenvalue weighted by Crippen LogP contribution is -2.75. The van der Waals surface area contributed by atoms with Gasteiger partial charge in [-0.1, -0.05) is 137 Å². The molecule has 0 saturated carbocycles. The van der Waals surface area contributed by atoms with E-state index >= 15 is 0 Å². The Balaban J connectivity index is 1.39. The lowest BCUT2D eigenvalue weighted by Gasteiger charge is -2.33. The van der Waals surface area contributed by atoms with Crippen LogP contribution in [0.3, 0.4) is 0 Å². The number of hydrogen-bond donors (Lipinski definition) is 1. The average molecular weight is 688 g/mol. The highest BCUT2D eigenvalue weighted by atomic mass is 28.3. The minimum atomic E-state index is -3.08. The standard InChI is InChI=1S/C44H41N3O3Si/c1-31(2)37-22-14-23-38(32(3)4)43(37)47-29-28-45-44(47)50-41-26-15-27-42(46-41)51(34-17-7-5-8-18-34,35-19-9-6-10-20-35)36-21-13-16-33(30-36)49-40-25-12-11-24-39(40)48/h5-32,48H,1-4H3. The van der Waals surface area contributed by atoms with Crippen LogP contribution >= 0.6 is 0 Å². The van der Waals surface area contributed by atoms with Gasteiger partial charge < -0.3 is 14.6 Å². The molecule has 2 heterocycles. The quantitative estimate of drug-likeness (QED) is 0.110. The Kier molecular flexibility index (Phi) is 9.55. The number of phenols is 1. The van der Waals surface area contributed by atoms with E-state index in [-0.39, 0.29) is 5.75 Å². The van der Waals surface area contributed by atoms with E-state index in [0.717, 1.165) is 26.6 Å². The summed E-state index contributed by atoms with van der Waals surface area (Å²) in [6, 6.07) is 49.3. The number of benzene rings is 5. The topological polar surface area (TPSA) is 69.4 Å². The highest BCUT2D eigenvalue weighted by molar-refractivity contribution is 7.19. The van der Waals surface area contributed by atoms with Crippen molar-refractivity contribution in [2.24, 2.45) is 0 Å². The van der Waals surface area contributed by atoms with E-state index in [9.17, 15) is 5.11 Å². The predicted molar refractivity (Wildman–Crippen MR) is 208 cm³/mol. The highest BCUT2D eigenvalue weighted by Gasteiger charge is 2.43. The first-order valence-electron chi connectivity index (χ1n) is 17.4. The van der Waals surface area contributed by atoms with Crippen LogP contribution in [0.1, 0.15) is 50.7 Å². The second-order valence-corrected chi connectivity index (χ2v) is 17.0. The van der Waals surface area contributed by atoms with Crippen LogP contribution in [0.5, 0.6) is 29.1 Å². The van der Waals surface area contributed by atoms with Crippen LogP contribution in [-0.2, 0) is 0 Å². The van der Waals surface area contributed by atoms with E-state index in [4.69, 9.17) is 14.5 Å². The SMILES string of the molecule is CC(C)c1cccc(C(C)C)c1-n1ccnc1Oc1cccc([Si](c2ccccc2)(c2ccccc2)c2cccc(Oc3ccccc3O)c2)n1. The smallest absolute Gasteiger partial charge is 0.307 e. The maximum atomic E-state index is 10.5. The zero-order chi connectivity index (χ0) is 35.4. The molecular formula is C44H41N3O3Si. The van der Waals surface area contributed by atoms with E-state index in [2.05, 4.69) is 122 Å². The lowest BCUT2D eigenvalue weighted by molar-refractivity contribution is 0.411. The van der Waals surface area contributed by atoms with Gasteiger partial charge in [0.1, 0.15) is 5.75 Å². The van der Waals surface area contributed by atoms with Crippen molar-refractivity contribution >= 4 is 29.0 Å². The summed E-state index contributed by atoms with van der Waals surface area (Å²) in [5.74, 6) is 2.17. The molecule has 0 radical (unpaired) electrons. The number of aromatic nitrogens is 3. The molecule has 6 nitrogen and oxygen atoms in total. The Morgan fingerprint density at radius 1 is 0.608 bits per heavy atom. The van der Waals surface area contributed by atoms with Crippen molar-refractivity contribution < 1.29 is 14.6 Å². The van der Waals surface area contributed by atoms with Gasteiger partial charge in [-0.05, 0) is 68.9 Å². The molecule has 2 aromatic heterocycles. The van der Waals surface area contributed by atoms with E-state index < -0.39 is 8.07 Å². The van der Waals surface area contributed by atoms with Crippen LogP contribution in [-0.4, -0.2) is 27.7 Å². The van der Waals surface area contributed by atoms with Gasteiger partial charge in [-0.2, -0.15) is 0 Å². The summed E-state index contributed by atoms with van der Waals surface area (Å²) in [6.07, 6.45) is 3.75. The second kappa shape index (κ2) is 14.5. The van der Waals surface area contributed by atoms with Gasteiger partial charge >= 0.3 is 6.01 Å². The molecule has 0 fully saturated rings. The number of imidazole rings is 1. The van der Waals surface area contributed by atoms with Crippen molar-refractivity contribution in [1.82, 2.24) is 14.5 Å². The van der Waals surface area contributed by atoms with Crippen LogP contribution in [0, 0.1) is 0 Å². The molecule has 0 aliphatic rings. The van der Waals surface area contributed by atoms with Gasteiger partial charge in [0.05, 0.1) is 5.69 Å². The van der Waals surface area contributed by atoms with Crippen LogP contribution in [0.4, 0.5) is 0 Å². The first kappa shape index (κ1) is 33.6. The molecule has 0 atom stereocenters. The van der Waals surface area contributed by atoms with E-state index in [1.807, 2.05) is 48.7 Å². The highest BCUT2D eigenvalue weighted by Crippen LogP contribution is 2.34. The molecule has 0 aliphatic carbocycles. The third kappa shape index (κ3) is 6.56. The summed E-state index contributed by atoms with van der Waals surface area (Å²) in [7, 11) is -3.08. The summed E-state index contributed by atoms with van der Waals surface area (Å²) in [5, 5.41) is 14.8. The van der Waals surface area contributed by atoms with E-state index in [0.29, 0.717) is 35.2 Å². The van der Waals surface area contributed by atoms with Gasteiger partial charge in [0.2, 0.25) is 14.0 Å². The molecule has 51 heavy (non-hydrogen) atoms. The van der Waals surface area contributed by atoms with Crippen molar-refractivity contribution in [2.75, 3.05) is 0 Å². The summed E-state index contributed by atoms with van der Waals surface area (Å²) in [5.41, 5.74) is 3.57. The molecule has 1 N–H and O–H groups in total. The first-order valence-corrected chi connectivity index (χ1v) is 19.4. The third-order valence-electron chi connectivity index (χ3n) is 9.27. The van der Waals surface area contributed by atoms with Crippen molar-refractivity contribution in [1.29, 1.82) is 0 Å². The number of rotatable bonds is 11. The molecule has 0 spiro atoms. The summed E-state index contributed by atoms with van der Waals surface area (Å²) in [4.78, 5) is 10.0. The predicted octanol–water partition coefficient (Wildman–Crippen LogP) is 8.18. The lowest BCUT2D eigenvalue weighted by atomic mass is 9.92. The van der Waals surface area contributed by atoms with E-state index in [1.54, 1.807) is 24.4 Å². The first-order chi connectivity index (χ1) is 24.9. The van der Waals surface area contributed by atoms with Crippen LogP contribution in [0.15, 0.2) is 158 Å². The number of nitrogens with zero attached hydrogens (tertiary/aromatic N) is 3. The zero-order valence-electron chi connectivity index (χ0n) is 29.3. The van der Waals surface area contributed by atoms with Crippen molar-refractivity contribution in [3.05, 3.63) is 169 Å². The van der Waals surface area contributed by atoms with Crippen LogP contribution in [0.2, 0.25) is 0 Å². The molecule has 7 aromatic rings. The van der Waals surface area contributed by atoms with Crippen molar-refractivity contribution in [3.63, 3.8) is 0 Å². The van der Waals surface area contributed by atoms with Crippen LogP contribution in [0.25, 0.3) is 5.69 Å². The van der Waals surface area contributed by atoms with Gasteiger partial charge in [-0.15, -0.1) is 0 Å². The Morgan fingerprint density at radius 3 is 1.84 bits per heavy atom. The number of aromatic hydroxyl groups is 1.